The molecule has 4 N–H and O–H groups in total. The molecule has 0 atom stereocenters. The summed E-state index contributed by atoms with van der Waals surface area (Å²) >= 11 is 0. The van der Waals surface area contributed by atoms with Crippen LogP contribution >= 0.6 is 0 Å². The van der Waals surface area contributed by atoms with Gasteiger partial charge in [-0.25, -0.2) is 0 Å². The van der Waals surface area contributed by atoms with E-state index in [2.05, 4.69) is 74.5 Å². The van der Waals surface area contributed by atoms with Crippen molar-refractivity contribution >= 4 is 11.4 Å². The van der Waals surface area contributed by atoms with Gasteiger partial charge in [-0.15, -0.1) is 0 Å². The van der Waals surface area contributed by atoms with E-state index < -0.39 is 0 Å². The number of nitrogen functional groups attached to an aromatic ring is 2. The van der Waals surface area contributed by atoms with Gasteiger partial charge < -0.3 is 11.5 Å². The van der Waals surface area contributed by atoms with Crippen molar-refractivity contribution in [3.63, 3.8) is 0 Å². The van der Waals surface area contributed by atoms with Crippen LogP contribution in [-0.4, -0.2) is 0 Å². The highest BCUT2D eigenvalue weighted by atomic mass is 14.5. The van der Waals surface area contributed by atoms with Crippen LogP contribution in [0.5, 0.6) is 0 Å². The summed E-state index contributed by atoms with van der Waals surface area (Å²) in [7, 11) is 0. The maximum Gasteiger partial charge on any atom is 0.0314 e. The molecule has 0 amide bonds. The predicted molar refractivity (Wildman–Crippen MR) is 239 cm³/mol. The molecule has 0 aliphatic carbocycles. The van der Waals surface area contributed by atoms with E-state index in [-0.39, 0.29) is 0 Å². The summed E-state index contributed by atoms with van der Waals surface area (Å²) in [5.74, 6) is 0. The SMILES string of the molecule is CCCc1cc(CCCCCCCCCCCCCCCCCCCCc2ccc(Cc3ccc(N)cc3)c(CCC)c2)ccc1Cc1ccc(N)cc1. The lowest BCUT2D eigenvalue weighted by Gasteiger charge is -2.12. The maximum absolute atomic E-state index is 5.89. The molecule has 294 valence electrons. The van der Waals surface area contributed by atoms with Gasteiger partial charge in [0.1, 0.15) is 0 Å². The molecule has 0 bridgehead atoms. The number of hydrogen-bond donors (Lipinski definition) is 2. The van der Waals surface area contributed by atoms with Crippen molar-refractivity contribution in [3.8, 4) is 0 Å². The van der Waals surface area contributed by atoms with Crippen molar-refractivity contribution in [1.82, 2.24) is 0 Å². The molecule has 0 fully saturated rings. The Morgan fingerprint density at radius 1 is 0.296 bits per heavy atom. The lowest BCUT2D eigenvalue weighted by atomic mass is 9.93. The molecule has 0 aliphatic heterocycles. The molecule has 0 spiro atoms. The molecule has 0 saturated carbocycles. The highest BCUT2D eigenvalue weighted by Crippen LogP contribution is 2.23. The van der Waals surface area contributed by atoms with Gasteiger partial charge in [-0.05, 0) is 120 Å². The molecular formula is C52H76N2. The number of unbranched alkanes of at least 4 members (excludes halogenated alkanes) is 17. The third-order valence-electron chi connectivity index (χ3n) is 11.5. The number of benzene rings is 4. The van der Waals surface area contributed by atoms with Gasteiger partial charge in [-0.3, -0.25) is 0 Å². The summed E-state index contributed by atoms with van der Waals surface area (Å²) in [6.07, 6.45) is 34.6. The molecule has 0 aromatic heterocycles. The summed E-state index contributed by atoms with van der Waals surface area (Å²) in [5.41, 5.74) is 25.2. The smallest absolute Gasteiger partial charge is 0.0314 e. The Kier molecular flexibility index (Phi) is 21.1. The highest BCUT2D eigenvalue weighted by Gasteiger charge is 2.08. The van der Waals surface area contributed by atoms with E-state index >= 15 is 0 Å². The first-order valence-corrected chi connectivity index (χ1v) is 22.4. The molecular weight excluding hydrogens is 653 g/mol. The second-order valence-corrected chi connectivity index (χ2v) is 16.4. The zero-order valence-electron chi connectivity index (χ0n) is 34.6. The number of anilines is 2. The van der Waals surface area contributed by atoms with E-state index in [1.165, 1.54) is 199 Å². The van der Waals surface area contributed by atoms with Crippen LogP contribution in [-0.2, 0) is 38.5 Å². The average Bonchev–Trinajstić information content (AvgIpc) is 3.18. The first kappa shape index (κ1) is 43.2. The van der Waals surface area contributed by atoms with Gasteiger partial charge in [-0.2, -0.15) is 0 Å². The summed E-state index contributed by atoms with van der Waals surface area (Å²) in [6, 6.07) is 31.2. The van der Waals surface area contributed by atoms with E-state index in [9.17, 15) is 0 Å². The third-order valence-corrected chi connectivity index (χ3v) is 11.5. The molecule has 4 aromatic carbocycles. The Hall–Kier alpha value is -3.52. The van der Waals surface area contributed by atoms with Crippen molar-refractivity contribution < 1.29 is 0 Å². The van der Waals surface area contributed by atoms with Gasteiger partial charge in [0.25, 0.3) is 0 Å². The predicted octanol–water partition coefficient (Wildman–Crippen LogP) is 14.7. The van der Waals surface area contributed by atoms with Crippen molar-refractivity contribution in [1.29, 1.82) is 0 Å². The van der Waals surface area contributed by atoms with Crippen LogP contribution < -0.4 is 11.5 Å². The lowest BCUT2D eigenvalue weighted by Crippen LogP contribution is -1.98. The fourth-order valence-corrected chi connectivity index (χ4v) is 8.22. The Morgan fingerprint density at radius 2 is 0.574 bits per heavy atom. The molecule has 54 heavy (non-hydrogen) atoms. The second-order valence-electron chi connectivity index (χ2n) is 16.4. The largest absolute Gasteiger partial charge is 0.399 e. The minimum absolute atomic E-state index is 0.842. The molecule has 2 heteroatoms. The Balaban J connectivity index is 0.920. The van der Waals surface area contributed by atoms with Crippen LogP contribution in [0.15, 0.2) is 84.9 Å². The van der Waals surface area contributed by atoms with Gasteiger partial charge in [0.15, 0.2) is 0 Å². The van der Waals surface area contributed by atoms with Crippen LogP contribution in [0.4, 0.5) is 11.4 Å². The Bertz CT molecular complexity index is 1430. The Labute approximate surface area is 332 Å². The maximum atomic E-state index is 5.89. The second kappa shape index (κ2) is 26.3. The van der Waals surface area contributed by atoms with Crippen molar-refractivity contribution in [2.75, 3.05) is 11.5 Å². The van der Waals surface area contributed by atoms with Crippen molar-refractivity contribution in [2.24, 2.45) is 0 Å². The van der Waals surface area contributed by atoms with Crippen molar-refractivity contribution in [2.45, 2.75) is 181 Å². The van der Waals surface area contributed by atoms with E-state index in [1.54, 1.807) is 0 Å². The third kappa shape index (κ3) is 17.3. The highest BCUT2D eigenvalue weighted by molar-refractivity contribution is 5.43. The number of rotatable bonds is 29. The normalized spacial score (nSPS) is 11.4. The minimum atomic E-state index is 0.842. The van der Waals surface area contributed by atoms with Gasteiger partial charge in [0, 0.05) is 11.4 Å². The van der Waals surface area contributed by atoms with Gasteiger partial charge in [0.2, 0.25) is 0 Å². The number of aryl methyl sites for hydroxylation is 4. The lowest BCUT2D eigenvalue weighted by molar-refractivity contribution is 0.524. The zero-order chi connectivity index (χ0) is 38.1. The van der Waals surface area contributed by atoms with Crippen molar-refractivity contribution in [3.05, 3.63) is 129 Å². The molecule has 4 rings (SSSR count). The zero-order valence-corrected chi connectivity index (χ0v) is 34.6. The van der Waals surface area contributed by atoms with E-state index in [0.29, 0.717) is 0 Å². The topological polar surface area (TPSA) is 52.0 Å². The molecule has 0 unspecified atom stereocenters. The first-order chi connectivity index (χ1) is 26.5. The van der Waals surface area contributed by atoms with Crippen LogP contribution in [0, 0.1) is 0 Å². The fraction of sp³-hybridized carbons (Fsp3) is 0.538. The van der Waals surface area contributed by atoms with E-state index in [4.69, 9.17) is 11.5 Å². The molecule has 0 radical (unpaired) electrons. The number of nitrogens with two attached hydrogens (primary N) is 2. The van der Waals surface area contributed by atoms with E-state index in [1.807, 2.05) is 24.3 Å². The van der Waals surface area contributed by atoms with Crippen LogP contribution in [0.3, 0.4) is 0 Å². The summed E-state index contributed by atoms with van der Waals surface area (Å²) in [5, 5.41) is 0. The summed E-state index contributed by atoms with van der Waals surface area (Å²) in [6.45, 7) is 4.58. The Morgan fingerprint density at radius 3 is 0.870 bits per heavy atom. The number of hydrogen-bond acceptors (Lipinski definition) is 2. The molecule has 0 saturated heterocycles. The first-order valence-electron chi connectivity index (χ1n) is 22.4. The quantitative estimate of drug-likeness (QED) is 0.0432. The van der Waals surface area contributed by atoms with Gasteiger partial charge in [-0.1, -0.05) is 190 Å². The monoisotopic (exact) mass is 729 g/mol. The van der Waals surface area contributed by atoms with Crippen LogP contribution in [0.1, 0.15) is 187 Å². The average molecular weight is 729 g/mol. The molecule has 0 heterocycles. The molecule has 2 nitrogen and oxygen atoms in total. The van der Waals surface area contributed by atoms with Crippen LogP contribution in [0.25, 0.3) is 0 Å². The minimum Gasteiger partial charge on any atom is -0.399 e. The van der Waals surface area contributed by atoms with Crippen LogP contribution in [0.2, 0.25) is 0 Å². The molecule has 4 aromatic rings. The summed E-state index contributed by atoms with van der Waals surface area (Å²) in [4.78, 5) is 0. The standard InChI is InChI=1S/C52H76N2/c1-3-23-47-39-43(27-33-49(47)41-45-29-35-51(53)36-30-45)25-21-19-17-15-13-11-9-7-5-6-8-10-12-14-16-18-20-22-26-44-28-34-50(48(40-44)24-4-2)42-46-31-37-52(54)38-32-46/h27-40H,3-26,41-42,53-54H2,1-2H3. The van der Waals surface area contributed by atoms with Gasteiger partial charge >= 0.3 is 0 Å². The fourth-order valence-electron chi connectivity index (χ4n) is 8.22. The van der Waals surface area contributed by atoms with E-state index in [0.717, 1.165) is 24.2 Å². The summed E-state index contributed by atoms with van der Waals surface area (Å²) < 4.78 is 0. The van der Waals surface area contributed by atoms with Gasteiger partial charge in [0.05, 0.1) is 0 Å². The molecule has 0 aliphatic rings.